The summed E-state index contributed by atoms with van der Waals surface area (Å²) in [6, 6.07) is 14.6. The minimum absolute atomic E-state index is 0.0702. The lowest BCUT2D eigenvalue weighted by Crippen LogP contribution is -2.27. The van der Waals surface area contributed by atoms with Gasteiger partial charge < -0.3 is 10.3 Å². The van der Waals surface area contributed by atoms with Gasteiger partial charge in [0.05, 0.1) is 22.5 Å². The maximum Gasteiger partial charge on any atom is 0.243 e. The summed E-state index contributed by atoms with van der Waals surface area (Å²) in [5, 5.41) is 2.87. The number of sulfonamides is 1. The molecule has 2 heterocycles. The third kappa shape index (κ3) is 4.49. The van der Waals surface area contributed by atoms with Gasteiger partial charge in [-0.3, -0.25) is 4.79 Å². The van der Waals surface area contributed by atoms with Crippen LogP contribution in [0.25, 0.3) is 11.0 Å². The second-order valence-electron chi connectivity index (χ2n) is 7.23. The molecule has 1 aromatic heterocycles. The van der Waals surface area contributed by atoms with E-state index in [0.29, 0.717) is 37.4 Å². The molecule has 0 aliphatic carbocycles. The molecule has 0 bridgehead atoms. The van der Waals surface area contributed by atoms with Gasteiger partial charge in [-0.05, 0) is 49.1 Å². The molecule has 0 radical (unpaired) electrons. The van der Waals surface area contributed by atoms with Crippen molar-refractivity contribution in [3.63, 3.8) is 0 Å². The molecule has 0 atom stereocenters. The molecule has 7 nitrogen and oxygen atoms in total. The fraction of sp³-hybridized carbons (Fsp3) is 0.333. The van der Waals surface area contributed by atoms with E-state index in [0.717, 1.165) is 35.3 Å². The Morgan fingerprint density at radius 1 is 1.07 bits per heavy atom. The molecule has 0 saturated carbocycles. The number of aromatic amines is 1. The maximum atomic E-state index is 12.5. The Labute approximate surface area is 170 Å². The van der Waals surface area contributed by atoms with Crippen LogP contribution in [0, 0.1) is 0 Å². The molecule has 0 unspecified atom stereocenters. The summed E-state index contributed by atoms with van der Waals surface area (Å²) >= 11 is 0. The molecule has 4 rings (SSSR count). The Balaban J connectivity index is 1.28. The SMILES string of the molecule is O=C(CCc1ccc(S(=O)(=O)N2CCCC2)cc1)NCc1nc2ccccc2[nH]1. The predicted octanol–water partition coefficient (Wildman–Crippen LogP) is 2.60. The summed E-state index contributed by atoms with van der Waals surface area (Å²) in [6.45, 7) is 1.53. The lowest BCUT2D eigenvalue weighted by Gasteiger charge is -2.15. The van der Waals surface area contributed by atoms with Crippen LogP contribution in [0.3, 0.4) is 0 Å². The van der Waals surface area contributed by atoms with Crippen LogP contribution in [0.1, 0.15) is 30.7 Å². The highest BCUT2D eigenvalue weighted by Gasteiger charge is 2.26. The van der Waals surface area contributed by atoms with Crippen LogP contribution in [0.2, 0.25) is 0 Å². The molecule has 152 valence electrons. The number of fused-ring (bicyclic) bond motifs is 1. The highest BCUT2D eigenvalue weighted by Crippen LogP contribution is 2.21. The number of aryl methyl sites for hydroxylation is 1. The quantitative estimate of drug-likeness (QED) is 0.624. The van der Waals surface area contributed by atoms with Gasteiger partial charge in [0.2, 0.25) is 15.9 Å². The van der Waals surface area contributed by atoms with Gasteiger partial charge in [0.25, 0.3) is 0 Å². The summed E-state index contributed by atoms with van der Waals surface area (Å²) in [6.07, 6.45) is 2.72. The normalized spacial score (nSPS) is 15.0. The molecule has 1 amide bonds. The molecule has 29 heavy (non-hydrogen) atoms. The first kappa shape index (κ1) is 19.6. The van der Waals surface area contributed by atoms with Crippen LogP contribution in [-0.2, 0) is 27.8 Å². The zero-order valence-corrected chi connectivity index (χ0v) is 16.9. The van der Waals surface area contributed by atoms with Gasteiger partial charge in [0.1, 0.15) is 5.82 Å². The molecule has 2 N–H and O–H groups in total. The number of carbonyl (C=O) groups excluding carboxylic acids is 1. The van der Waals surface area contributed by atoms with Crippen molar-refractivity contribution in [1.29, 1.82) is 0 Å². The molecule has 1 aliphatic heterocycles. The van der Waals surface area contributed by atoms with E-state index in [1.54, 1.807) is 24.3 Å². The van der Waals surface area contributed by atoms with Crippen molar-refractivity contribution in [3.05, 3.63) is 59.9 Å². The van der Waals surface area contributed by atoms with E-state index in [1.165, 1.54) is 4.31 Å². The Hall–Kier alpha value is -2.71. The summed E-state index contributed by atoms with van der Waals surface area (Å²) in [4.78, 5) is 20.1. The summed E-state index contributed by atoms with van der Waals surface area (Å²) in [7, 11) is -3.39. The average Bonchev–Trinajstić information content (AvgIpc) is 3.41. The van der Waals surface area contributed by atoms with Crippen LogP contribution in [-0.4, -0.2) is 41.7 Å². The minimum Gasteiger partial charge on any atom is -0.349 e. The van der Waals surface area contributed by atoms with Crippen LogP contribution < -0.4 is 5.32 Å². The number of para-hydroxylation sites is 2. The summed E-state index contributed by atoms with van der Waals surface area (Å²) < 4.78 is 26.6. The number of rotatable bonds is 7. The van der Waals surface area contributed by atoms with E-state index < -0.39 is 10.0 Å². The second-order valence-corrected chi connectivity index (χ2v) is 9.17. The molecule has 1 saturated heterocycles. The number of nitrogens with zero attached hydrogens (tertiary/aromatic N) is 2. The third-order valence-corrected chi connectivity index (χ3v) is 7.07. The van der Waals surface area contributed by atoms with E-state index in [1.807, 2.05) is 24.3 Å². The number of benzene rings is 2. The Bertz CT molecular complexity index is 1070. The number of aromatic nitrogens is 2. The lowest BCUT2D eigenvalue weighted by atomic mass is 10.1. The standard InChI is InChI=1S/C21H24N4O3S/c26-21(22-15-20-23-18-5-1-2-6-19(18)24-20)12-9-16-7-10-17(11-8-16)29(27,28)25-13-3-4-14-25/h1-2,5-8,10-11H,3-4,9,12-15H2,(H,22,26)(H,23,24). The average molecular weight is 413 g/mol. The second kappa shape index (κ2) is 8.34. The third-order valence-electron chi connectivity index (χ3n) is 5.16. The number of amides is 1. The van der Waals surface area contributed by atoms with Crippen LogP contribution >= 0.6 is 0 Å². The predicted molar refractivity (Wildman–Crippen MR) is 111 cm³/mol. The van der Waals surface area contributed by atoms with Crippen molar-refractivity contribution in [3.8, 4) is 0 Å². The van der Waals surface area contributed by atoms with Crippen molar-refractivity contribution >= 4 is 27.0 Å². The van der Waals surface area contributed by atoms with Gasteiger partial charge in [-0.2, -0.15) is 4.31 Å². The fourth-order valence-electron chi connectivity index (χ4n) is 3.52. The van der Waals surface area contributed by atoms with E-state index in [4.69, 9.17) is 0 Å². The molecule has 1 fully saturated rings. The van der Waals surface area contributed by atoms with Crippen molar-refractivity contribution in [2.24, 2.45) is 0 Å². The van der Waals surface area contributed by atoms with Crippen molar-refractivity contribution in [2.75, 3.05) is 13.1 Å². The smallest absolute Gasteiger partial charge is 0.243 e. The highest BCUT2D eigenvalue weighted by atomic mass is 32.2. The number of nitrogens with one attached hydrogen (secondary N) is 2. The molecular formula is C21H24N4O3S. The van der Waals surface area contributed by atoms with Crippen LogP contribution in [0.5, 0.6) is 0 Å². The van der Waals surface area contributed by atoms with Gasteiger partial charge in [-0.25, -0.2) is 13.4 Å². The molecule has 3 aromatic rings. The van der Waals surface area contributed by atoms with Crippen LogP contribution in [0.15, 0.2) is 53.4 Å². The van der Waals surface area contributed by atoms with Crippen molar-refractivity contribution < 1.29 is 13.2 Å². The maximum absolute atomic E-state index is 12.5. The van der Waals surface area contributed by atoms with E-state index >= 15 is 0 Å². The molecule has 1 aliphatic rings. The number of imidazole rings is 1. The topological polar surface area (TPSA) is 95.2 Å². The first-order valence-corrected chi connectivity index (χ1v) is 11.3. The van der Waals surface area contributed by atoms with E-state index in [-0.39, 0.29) is 5.91 Å². The molecule has 8 heteroatoms. The molecular weight excluding hydrogens is 388 g/mol. The van der Waals surface area contributed by atoms with Gasteiger partial charge in [0.15, 0.2) is 0 Å². The monoisotopic (exact) mass is 412 g/mol. The number of H-pyrrole nitrogens is 1. The van der Waals surface area contributed by atoms with Gasteiger partial charge in [-0.1, -0.05) is 24.3 Å². The van der Waals surface area contributed by atoms with Gasteiger partial charge in [-0.15, -0.1) is 0 Å². The first-order chi connectivity index (χ1) is 14.0. The zero-order valence-electron chi connectivity index (χ0n) is 16.1. The minimum atomic E-state index is -3.39. The molecule has 2 aromatic carbocycles. The Morgan fingerprint density at radius 3 is 2.52 bits per heavy atom. The Morgan fingerprint density at radius 2 is 1.79 bits per heavy atom. The number of carbonyl (C=O) groups is 1. The summed E-state index contributed by atoms with van der Waals surface area (Å²) in [5.74, 6) is 0.648. The van der Waals surface area contributed by atoms with E-state index in [2.05, 4.69) is 15.3 Å². The lowest BCUT2D eigenvalue weighted by molar-refractivity contribution is -0.121. The Kier molecular flexibility index (Phi) is 5.64. The van der Waals surface area contributed by atoms with E-state index in [9.17, 15) is 13.2 Å². The van der Waals surface area contributed by atoms with Gasteiger partial charge in [0, 0.05) is 19.5 Å². The largest absolute Gasteiger partial charge is 0.349 e. The highest BCUT2D eigenvalue weighted by molar-refractivity contribution is 7.89. The zero-order chi connectivity index (χ0) is 20.3. The molecule has 0 spiro atoms. The first-order valence-electron chi connectivity index (χ1n) is 9.82. The van der Waals surface area contributed by atoms with Crippen LogP contribution in [0.4, 0.5) is 0 Å². The number of hydrogen-bond acceptors (Lipinski definition) is 4. The fourth-order valence-corrected chi connectivity index (χ4v) is 5.04. The number of hydrogen-bond donors (Lipinski definition) is 2. The van der Waals surface area contributed by atoms with Crippen molar-refractivity contribution in [2.45, 2.75) is 37.1 Å². The summed E-state index contributed by atoms with van der Waals surface area (Å²) in [5.41, 5.74) is 2.76. The van der Waals surface area contributed by atoms with Crippen molar-refractivity contribution in [1.82, 2.24) is 19.6 Å². The van der Waals surface area contributed by atoms with Gasteiger partial charge >= 0.3 is 0 Å².